The van der Waals surface area contributed by atoms with Crippen LogP contribution in [0.1, 0.15) is 5.56 Å². The third-order valence-corrected chi connectivity index (χ3v) is 3.00. The third kappa shape index (κ3) is 1.68. The largest absolute Gasteiger partial charge is 0.472 e. The van der Waals surface area contributed by atoms with E-state index in [2.05, 4.69) is 4.98 Å². The topological polar surface area (TPSA) is 33.9 Å². The number of nitrogens with one attached hydrogen (secondary N) is 1. The summed E-state index contributed by atoms with van der Waals surface area (Å²) >= 11 is 5.20. The molecule has 1 N–H and O–H groups in total. The molecule has 5 heteroatoms. The van der Waals surface area contributed by atoms with Gasteiger partial charge in [0, 0.05) is 5.56 Å². The number of furan rings is 1. The van der Waals surface area contributed by atoms with Gasteiger partial charge in [-0.3, -0.25) is 0 Å². The number of para-hydroxylation sites is 1. The molecule has 86 valence electrons. The first-order chi connectivity index (χ1) is 8.25. The summed E-state index contributed by atoms with van der Waals surface area (Å²) in [5.41, 5.74) is 2.20. The number of hydrogen-bond donors (Lipinski definition) is 1. The molecule has 1 aromatic carbocycles. The van der Waals surface area contributed by atoms with Gasteiger partial charge >= 0.3 is 0 Å². The van der Waals surface area contributed by atoms with Gasteiger partial charge in [-0.1, -0.05) is 6.07 Å². The van der Waals surface area contributed by atoms with Crippen LogP contribution in [0.4, 0.5) is 4.39 Å². The van der Waals surface area contributed by atoms with Crippen LogP contribution >= 0.6 is 12.2 Å². The summed E-state index contributed by atoms with van der Waals surface area (Å²) in [6, 6.07) is 6.78. The zero-order chi connectivity index (χ0) is 11.8. The molecule has 0 radical (unpaired) electrons. The van der Waals surface area contributed by atoms with Gasteiger partial charge in [0.05, 0.1) is 24.6 Å². The fourth-order valence-electron chi connectivity index (χ4n) is 1.87. The van der Waals surface area contributed by atoms with E-state index in [0.29, 0.717) is 16.8 Å². The highest BCUT2D eigenvalue weighted by Crippen LogP contribution is 2.18. The van der Waals surface area contributed by atoms with Gasteiger partial charge in [0.25, 0.3) is 0 Å². The van der Waals surface area contributed by atoms with Crippen molar-refractivity contribution in [2.45, 2.75) is 6.54 Å². The molecule has 0 fully saturated rings. The molecule has 3 rings (SSSR count). The summed E-state index contributed by atoms with van der Waals surface area (Å²) in [5, 5.41) is 0. The van der Waals surface area contributed by atoms with Crippen molar-refractivity contribution >= 4 is 23.3 Å². The third-order valence-electron chi connectivity index (χ3n) is 2.68. The summed E-state index contributed by atoms with van der Waals surface area (Å²) in [5.74, 6) is -0.292. The fourth-order valence-corrected chi connectivity index (χ4v) is 2.13. The zero-order valence-electron chi connectivity index (χ0n) is 8.81. The fraction of sp³-hybridized carbons (Fsp3) is 0.0833. The van der Waals surface area contributed by atoms with Gasteiger partial charge in [-0.2, -0.15) is 0 Å². The number of hydrogen-bond acceptors (Lipinski definition) is 2. The van der Waals surface area contributed by atoms with Crippen LogP contribution < -0.4 is 0 Å². The molecule has 2 aromatic heterocycles. The Bertz CT molecular complexity index is 712. The minimum absolute atomic E-state index is 0.292. The van der Waals surface area contributed by atoms with Gasteiger partial charge in [0.2, 0.25) is 0 Å². The van der Waals surface area contributed by atoms with Crippen molar-refractivity contribution in [1.82, 2.24) is 9.55 Å². The van der Waals surface area contributed by atoms with Crippen LogP contribution in [-0.4, -0.2) is 9.55 Å². The molecule has 17 heavy (non-hydrogen) atoms. The van der Waals surface area contributed by atoms with E-state index in [1.807, 2.05) is 16.7 Å². The van der Waals surface area contributed by atoms with Crippen LogP contribution in [0, 0.1) is 10.6 Å². The predicted octanol–water partition coefficient (Wildman–Crippen LogP) is 3.48. The minimum atomic E-state index is -0.292. The Labute approximate surface area is 101 Å². The molecular formula is C12H9FN2OS. The minimum Gasteiger partial charge on any atom is -0.472 e. The van der Waals surface area contributed by atoms with Crippen molar-refractivity contribution in [3.05, 3.63) is 52.9 Å². The van der Waals surface area contributed by atoms with Crippen molar-refractivity contribution in [2.75, 3.05) is 0 Å². The normalized spacial score (nSPS) is 11.1. The van der Waals surface area contributed by atoms with Crippen molar-refractivity contribution in [3.8, 4) is 0 Å². The van der Waals surface area contributed by atoms with Crippen LogP contribution in [-0.2, 0) is 6.54 Å². The Morgan fingerprint density at radius 2 is 2.24 bits per heavy atom. The van der Waals surface area contributed by atoms with Crippen LogP contribution in [0.5, 0.6) is 0 Å². The molecule has 0 bridgehead atoms. The molecule has 0 spiro atoms. The number of nitrogens with zero attached hydrogens (tertiary/aromatic N) is 1. The Morgan fingerprint density at radius 3 is 3.00 bits per heavy atom. The Hall–Kier alpha value is -1.88. The maximum atomic E-state index is 13.5. The molecule has 0 amide bonds. The van der Waals surface area contributed by atoms with Crippen LogP contribution in [0.2, 0.25) is 0 Å². The summed E-state index contributed by atoms with van der Waals surface area (Å²) in [7, 11) is 0. The van der Waals surface area contributed by atoms with Gasteiger partial charge in [0.1, 0.15) is 11.3 Å². The Kier molecular flexibility index (Phi) is 2.33. The van der Waals surface area contributed by atoms with E-state index in [4.69, 9.17) is 16.6 Å². The number of halogens is 1. The first kappa shape index (κ1) is 10.3. The molecule has 0 aliphatic carbocycles. The molecule has 0 aliphatic heterocycles. The van der Waals surface area contributed by atoms with E-state index < -0.39 is 0 Å². The maximum absolute atomic E-state index is 13.5. The lowest BCUT2D eigenvalue weighted by Gasteiger charge is -2.01. The molecule has 0 saturated carbocycles. The summed E-state index contributed by atoms with van der Waals surface area (Å²) < 4.78 is 20.9. The van der Waals surface area contributed by atoms with Crippen LogP contribution in [0.15, 0.2) is 41.2 Å². The van der Waals surface area contributed by atoms with E-state index in [9.17, 15) is 4.39 Å². The number of benzene rings is 1. The van der Waals surface area contributed by atoms with Gasteiger partial charge in [-0.25, -0.2) is 4.39 Å². The van der Waals surface area contributed by atoms with Crippen molar-refractivity contribution in [1.29, 1.82) is 0 Å². The Morgan fingerprint density at radius 1 is 1.35 bits per heavy atom. The second-order valence-corrected chi connectivity index (χ2v) is 4.17. The van der Waals surface area contributed by atoms with Gasteiger partial charge < -0.3 is 14.0 Å². The average Bonchev–Trinajstić information content (AvgIpc) is 2.91. The number of imidazole rings is 1. The summed E-state index contributed by atoms with van der Waals surface area (Å²) in [6.45, 7) is 0.568. The first-order valence-electron chi connectivity index (χ1n) is 5.14. The summed E-state index contributed by atoms with van der Waals surface area (Å²) in [6.07, 6.45) is 3.26. The molecule has 0 atom stereocenters. The van der Waals surface area contributed by atoms with E-state index in [1.54, 1.807) is 18.6 Å². The lowest BCUT2D eigenvalue weighted by atomic mass is 10.3. The molecule has 3 nitrogen and oxygen atoms in total. The second kappa shape index (κ2) is 3.85. The lowest BCUT2D eigenvalue weighted by Crippen LogP contribution is -1.98. The molecule has 0 unspecified atom stereocenters. The van der Waals surface area contributed by atoms with Gasteiger partial charge in [0.15, 0.2) is 4.77 Å². The van der Waals surface area contributed by atoms with Crippen molar-refractivity contribution in [3.63, 3.8) is 0 Å². The standard InChI is InChI=1S/C12H9FN2OS/c13-9-2-1-3-10-11(9)14-12(17)15(10)6-8-4-5-16-7-8/h1-5,7H,6H2,(H,14,17). The molecule has 2 heterocycles. The van der Waals surface area contributed by atoms with Crippen LogP contribution in [0.25, 0.3) is 11.0 Å². The highest BCUT2D eigenvalue weighted by atomic mass is 32.1. The number of H-pyrrole nitrogens is 1. The number of fused-ring (bicyclic) bond motifs is 1. The highest BCUT2D eigenvalue weighted by Gasteiger charge is 2.08. The van der Waals surface area contributed by atoms with Gasteiger partial charge in [-0.15, -0.1) is 0 Å². The maximum Gasteiger partial charge on any atom is 0.178 e. The van der Waals surface area contributed by atoms with E-state index in [0.717, 1.165) is 11.1 Å². The monoisotopic (exact) mass is 248 g/mol. The summed E-state index contributed by atoms with van der Waals surface area (Å²) in [4.78, 5) is 2.88. The molecule has 0 saturated heterocycles. The quantitative estimate of drug-likeness (QED) is 0.704. The van der Waals surface area contributed by atoms with E-state index in [1.165, 1.54) is 6.07 Å². The molecule has 3 aromatic rings. The van der Waals surface area contributed by atoms with Crippen molar-refractivity contribution in [2.24, 2.45) is 0 Å². The zero-order valence-corrected chi connectivity index (χ0v) is 9.63. The van der Waals surface area contributed by atoms with E-state index >= 15 is 0 Å². The second-order valence-electron chi connectivity index (χ2n) is 3.78. The Balaban J connectivity index is 2.19. The highest BCUT2D eigenvalue weighted by molar-refractivity contribution is 7.71. The molecule has 0 aliphatic rings. The van der Waals surface area contributed by atoms with Crippen molar-refractivity contribution < 1.29 is 8.81 Å². The van der Waals surface area contributed by atoms with Gasteiger partial charge in [-0.05, 0) is 30.4 Å². The number of aromatic amines is 1. The molecular weight excluding hydrogens is 239 g/mol. The average molecular weight is 248 g/mol. The SMILES string of the molecule is Fc1cccc2c1[nH]c(=S)n2Cc1ccoc1. The van der Waals surface area contributed by atoms with Crippen LogP contribution in [0.3, 0.4) is 0 Å². The predicted molar refractivity (Wildman–Crippen MR) is 64.9 cm³/mol. The van der Waals surface area contributed by atoms with E-state index in [-0.39, 0.29) is 5.82 Å². The smallest absolute Gasteiger partial charge is 0.178 e. The number of aromatic nitrogens is 2. The number of rotatable bonds is 2. The lowest BCUT2D eigenvalue weighted by molar-refractivity contribution is 0.562. The first-order valence-corrected chi connectivity index (χ1v) is 5.54.